The van der Waals surface area contributed by atoms with Crippen molar-refractivity contribution in [3.8, 4) is 10.6 Å². The molecular formula is C17H20N6OS. The first-order valence-electron chi connectivity index (χ1n) is 8.18. The number of benzene rings is 1. The third kappa shape index (κ3) is 4.69. The maximum Gasteiger partial charge on any atom is 0.273 e. The molecule has 1 N–H and O–H groups in total. The van der Waals surface area contributed by atoms with E-state index in [-0.39, 0.29) is 5.91 Å². The summed E-state index contributed by atoms with van der Waals surface area (Å²) < 4.78 is 1.70. The Morgan fingerprint density at radius 2 is 2.00 bits per heavy atom. The van der Waals surface area contributed by atoms with E-state index in [0.717, 1.165) is 28.5 Å². The molecule has 8 heteroatoms. The molecule has 0 spiro atoms. The van der Waals surface area contributed by atoms with Gasteiger partial charge in [-0.3, -0.25) is 9.48 Å². The molecule has 0 atom stereocenters. The molecule has 0 bridgehead atoms. The van der Waals surface area contributed by atoms with Crippen LogP contribution in [-0.2, 0) is 13.1 Å². The lowest BCUT2D eigenvalue weighted by Gasteiger charge is -2.02. The van der Waals surface area contributed by atoms with Crippen molar-refractivity contribution in [2.75, 3.05) is 0 Å². The predicted octanol–water partition coefficient (Wildman–Crippen LogP) is 2.77. The fourth-order valence-electron chi connectivity index (χ4n) is 2.17. The van der Waals surface area contributed by atoms with Gasteiger partial charge in [-0.1, -0.05) is 60.7 Å². The fourth-order valence-corrected chi connectivity index (χ4v) is 2.96. The van der Waals surface area contributed by atoms with Gasteiger partial charge in [-0.05, 0) is 12.3 Å². The maximum atomic E-state index is 12.2. The zero-order valence-corrected chi connectivity index (χ0v) is 15.0. The number of carbonyl (C=O) groups is 1. The topological polar surface area (TPSA) is 85.6 Å². The summed E-state index contributed by atoms with van der Waals surface area (Å²) in [4.78, 5) is 12.2. The van der Waals surface area contributed by atoms with Crippen LogP contribution >= 0.6 is 11.3 Å². The molecule has 3 aromatic rings. The van der Waals surface area contributed by atoms with Gasteiger partial charge in [-0.2, -0.15) is 0 Å². The Bertz CT molecular complexity index is 827. The minimum atomic E-state index is -0.257. The molecule has 2 heterocycles. The molecule has 0 saturated carbocycles. The summed E-state index contributed by atoms with van der Waals surface area (Å²) in [7, 11) is 0. The van der Waals surface area contributed by atoms with Crippen molar-refractivity contribution in [3.05, 3.63) is 47.2 Å². The van der Waals surface area contributed by atoms with Crippen molar-refractivity contribution in [3.63, 3.8) is 0 Å². The number of aromatic nitrogens is 5. The van der Waals surface area contributed by atoms with Crippen LogP contribution < -0.4 is 5.32 Å². The SMILES string of the molecule is CC(C)CCn1cc(C(=O)NCc2nnc(-c3ccccc3)s2)nn1. The standard InChI is InChI=1S/C17H20N6OS/c1-12(2)8-9-23-11-14(19-22-23)16(24)18-10-15-20-21-17(25-15)13-6-4-3-5-7-13/h3-7,11-12H,8-10H2,1-2H3,(H,18,24). The number of nitrogens with zero attached hydrogens (tertiary/aromatic N) is 5. The Morgan fingerprint density at radius 3 is 2.76 bits per heavy atom. The molecule has 2 aromatic heterocycles. The summed E-state index contributed by atoms with van der Waals surface area (Å²) in [6.45, 7) is 5.38. The third-order valence-corrected chi connectivity index (χ3v) is 4.57. The van der Waals surface area contributed by atoms with Gasteiger partial charge in [0, 0.05) is 12.1 Å². The number of carbonyl (C=O) groups excluding carboxylic acids is 1. The van der Waals surface area contributed by atoms with Gasteiger partial charge in [0.1, 0.15) is 10.0 Å². The van der Waals surface area contributed by atoms with Gasteiger partial charge in [0.2, 0.25) is 0 Å². The van der Waals surface area contributed by atoms with Crippen LogP contribution in [0.4, 0.5) is 0 Å². The minimum Gasteiger partial charge on any atom is -0.344 e. The summed E-state index contributed by atoms with van der Waals surface area (Å²) in [5.41, 5.74) is 1.34. The molecule has 0 fully saturated rings. The van der Waals surface area contributed by atoms with E-state index in [2.05, 4.69) is 39.7 Å². The lowest BCUT2D eigenvalue weighted by atomic mass is 10.1. The first-order chi connectivity index (χ1) is 12.1. The van der Waals surface area contributed by atoms with Crippen LogP contribution in [0, 0.1) is 5.92 Å². The van der Waals surface area contributed by atoms with Gasteiger partial charge < -0.3 is 5.32 Å². The van der Waals surface area contributed by atoms with Crippen LogP contribution in [0.3, 0.4) is 0 Å². The number of nitrogens with one attached hydrogen (secondary N) is 1. The van der Waals surface area contributed by atoms with E-state index < -0.39 is 0 Å². The Labute approximate surface area is 150 Å². The second-order valence-electron chi connectivity index (χ2n) is 6.10. The molecule has 0 unspecified atom stereocenters. The zero-order valence-electron chi connectivity index (χ0n) is 14.2. The highest BCUT2D eigenvalue weighted by Crippen LogP contribution is 2.22. The lowest BCUT2D eigenvalue weighted by Crippen LogP contribution is -2.23. The Kier molecular flexibility index (Phi) is 5.49. The van der Waals surface area contributed by atoms with Crippen LogP contribution in [0.15, 0.2) is 36.5 Å². The van der Waals surface area contributed by atoms with Gasteiger partial charge in [0.25, 0.3) is 5.91 Å². The number of aryl methyl sites for hydroxylation is 1. The quantitative estimate of drug-likeness (QED) is 0.703. The van der Waals surface area contributed by atoms with Crippen molar-refractivity contribution < 1.29 is 4.79 Å². The molecule has 0 aliphatic rings. The van der Waals surface area contributed by atoms with Crippen LogP contribution in [0.2, 0.25) is 0 Å². The molecule has 0 aliphatic heterocycles. The van der Waals surface area contributed by atoms with Crippen LogP contribution in [-0.4, -0.2) is 31.1 Å². The molecule has 0 saturated heterocycles. The van der Waals surface area contributed by atoms with Crippen molar-refractivity contribution in [1.82, 2.24) is 30.5 Å². The number of hydrogen-bond donors (Lipinski definition) is 1. The van der Waals surface area contributed by atoms with Crippen molar-refractivity contribution >= 4 is 17.2 Å². The van der Waals surface area contributed by atoms with E-state index in [4.69, 9.17) is 0 Å². The van der Waals surface area contributed by atoms with Gasteiger partial charge in [-0.15, -0.1) is 15.3 Å². The summed E-state index contributed by atoms with van der Waals surface area (Å²) in [5, 5.41) is 20.6. The highest BCUT2D eigenvalue weighted by atomic mass is 32.1. The van der Waals surface area contributed by atoms with E-state index in [1.165, 1.54) is 11.3 Å². The van der Waals surface area contributed by atoms with Gasteiger partial charge in [-0.25, -0.2) is 0 Å². The van der Waals surface area contributed by atoms with E-state index >= 15 is 0 Å². The Balaban J connectivity index is 1.55. The minimum absolute atomic E-state index is 0.257. The molecule has 7 nitrogen and oxygen atoms in total. The van der Waals surface area contributed by atoms with Crippen molar-refractivity contribution in [2.24, 2.45) is 5.92 Å². The lowest BCUT2D eigenvalue weighted by molar-refractivity contribution is 0.0945. The first-order valence-corrected chi connectivity index (χ1v) is 8.99. The van der Waals surface area contributed by atoms with Crippen molar-refractivity contribution in [2.45, 2.75) is 33.4 Å². The fraction of sp³-hybridized carbons (Fsp3) is 0.353. The highest BCUT2D eigenvalue weighted by Gasteiger charge is 2.12. The molecule has 3 rings (SSSR count). The predicted molar refractivity (Wildman–Crippen MR) is 96.0 cm³/mol. The zero-order chi connectivity index (χ0) is 17.6. The normalized spacial score (nSPS) is 11.0. The number of hydrogen-bond acceptors (Lipinski definition) is 6. The van der Waals surface area contributed by atoms with Crippen LogP contribution in [0.25, 0.3) is 10.6 Å². The van der Waals surface area contributed by atoms with Crippen molar-refractivity contribution in [1.29, 1.82) is 0 Å². The van der Waals surface area contributed by atoms with Gasteiger partial charge in [0.15, 0.2) is 5.69 Å². The molecule has 0 aliphatic carbocycles. The molecule has 130 valence electrons. The van der Waals surface area contributed by atoms with E-state index in [1.807, 2.05) is 30.3 Å². The second-order valence-corrected chi connectivity index (χ2v) is 7.16. The van der Waals surface area contributed by atoms with Gasteiger partial charge in [0.05, 0.1) is 12.7 Å². The molecule has 1 aromatic carbocycles. The summed E-state index contributed by atoms with van der Waals surface area (Å²) >= 11 is 1.46. The Hall–Kier alpha value is -2.61. The highest BCUT2D eigenvalue weighted by molar-refractivity contribution is 7.14. The van der Waals surface area contributed by atoms with Gasteiger partial charge >= 0.3 is 0 Å². The average molecular weight is 356 g/mol. The molecular weight excluding hydrogens is 336 g/mol. The molecule has 25 heavy (non-hydrogen) atoms. The molecule has 1 amide bonds. The van der Waals surface area contributed by atoms with Crippen LogP contribution in [0.5, 0.6) is 0 Å². The second kappa shape index (κ2) is 7.98. The van der Waals surface area contributed by atoms with Crippen LogP contribution in [0.1, 0.15) is 35.8 Å². The Morgan fingerprint density at radius 1 is 1.20 bits per heavy atom. The summed E-state index contributed by atoms with van der Waals surface area (Å²) in [5.74, 6) is 0.324. The first kappa shape index (κ1) is 17.2. The van der Waals surface area contributed by atoms with E-state index in [1.54, 1.807) is 10.9 Å². The third-order valence-electron chi connectivity index (χ3n) is 3.59. The largest absolute Gasteiger partial charge is 0.344 e. The number of rotatable bonds is 7. The number of amides is 1. The van der Waals surface area contributed by atoms with E-state index in [9.17, 15) is 4.79 Å². The maximum absolute atomic E-state index is 12.2. The molecule has 0 radical (unpaired) electrons. The smallest absolute Gasteiger partial charge is 0.273 e. The monoisotopic (exact) mass is 356 g/mol. The average Bonchev–Trinajstić information content (AvgIpc) is 3.28. The van der Waals surface area contributed by atoms with E-state index in [0.29, 0.717) is 18.2 Å². The summed E-state index contributed by atoms with van der Waals surface area (Å²) in [6, 6.07) is 9.85. The summed E-state index contributed by atoms with van der Waals surface area (Å²) in [6.07, 6.45) is 2.67.